The molecule has 3 atom stereocenters. The number of nitrogens with one attached hydrogen (secondary N) is 3. The van der Waals surface area contributed by atoms with Crippen molar-refractivity contribution in [2.45, 2.75) is 94.2 Å². The first-order chi connectivity index (χ1) is 30.4. The lowest BCUT2D eigenvalue weighted by Crippen LogP contribution is -2.47. The molecule has 0 spiro atoms. The molecule has 2 bridgehead atoms. The van der Waals surface area contributed by atoms with E-state index in [0.717, 1.165) is 19.3 Å². The number of likely N-dealkylation sites (tertiary alicyclic amines) is 1. The van der Waals surface area contributed by atoms with E-state index in [1.165, 1.54) is 33.9 Å². The van der Waals surface area contributed by atoms with E-state index in [-0.39, 0.29) is 78.2 Å². The van der Waals surface area contributed by atoms with Gasteiger partial charge in [0.25, 0.3) is 18.2 Å². The van der Waals surface area contributed by atoms with Crippen molar-refractivity contribution in [3.8, 4) is 0 Å². The van der Waals surface area contributed by atoms with Gasteiger partial charge in [0.15, 0.2) is 16.9 Å². The summed E-state index contributed by atoms with van der Waals surface area (Å²) in [5.74, 6) is -7.36. The van der Waals surface area contributed by atoms with E-state index in [2.05, 4.69) is 35.9 Å². The molecular weight excluding hydrogens is 829 g/mol. The average Bonchev–Trinajstić information content (AvgIpc) is 4.13. The zero-order chi connectivity index (χ0) is 43.6. The number of ether oxygens (including phenoxy) is 1. The van der Waals surface area contributed by atoms with E-state index >= 15 is 8.78 Å². The minimum absolute atomic E-state index is 0.0699. The summed E-state index contributed by atoms with van der Waals surface area (Å²) in [6.07, 6.45) is 7.65. The fourth-order valence-corrected chi connectivity index (χ4v) is 10.2. The zero-order valence-electron chi connectivity index (χ0n) is 34.2. The van der Waals surface area contributed by atoms with Crippen molar-refractivity contribution in [2.24, 2.45) is 11.8 Å². The summed E-state index contributed by atoms with van der Waals surface area (Å²) in [5.41, 5.74) is 0.621. The van der Waals surface area contributed by atoms with Crippen LogP contribution in [0, 0.1) is 11.8 Å². The standard InChI is InChI=1S/C43H46F4N10O6/c44-38(45)36-33(49-41(60)30-17-48-56-15-12-34(51-39(30)56)55-19-27-16-26(55)21-62-27)20-57(53-36)25-6-4-23(5-7-25)18-54-13-10-24(11-14-54)43(46,47)42(61)50-32-3-1-2-28-31(22-63-37(28)32)29-8-9-35(58)52-40(29)59/h1-3,12,15,17,20,22-27,29,38H,4-11,13-14,16,18-19,21H2,(H,49,60)(H,50,61)(H,52,58,59)/t23?,25?,26-,27-,29+/m1/s1. The largest absolute Gasteiger partial charge is 0.462 e. The number of furan rings is 1. The number of aromatic nitrogens is 5. The molecule has 4 aromatic heterocycles. The number of morpholine rings is 1. The first-order valence-corrected chi connectivity index (χ1v) is 21.6. The van der Waals surface area contributed by atoms with Crippen LogP contribution in [0.2, 0.25) is 0 Å². The Bertz CT molecular complexity index is 2580. The molecule has 5 aromatic rings. The Morgan fingerprint density at radius 1 is 0.984 bits per heavy atom. The summed E-state index contributed by atoms with van der Waals surface area (Å²) >= 11 is 0. The van der Waals surface area contributed by atoms with E-state index < -0.39 is 47.6 Å². The number of alkyl halides is 4. The van der Waals surface area contributed by atoms with Crippen molar-refractivity contribution in [1.29, 1.82) is 0 Å². The first-order valence-electron chi connectivity index (χ1n) is 21.6. The number of imide groups is 1. The molecule has 8 heterocycles. The second-order valence-electron chi connectivity index (χ2n) is 17.5. The van der Waals surface area contributed by atoms with E-state index in [9.17, 15) is 28.0 Å². The van der Waals surface area contributed by atoms with Crippen LogP contribution in [0.5, 0.6) is 0 Å². The Hall–Kier alpha value is -5.89. The summed E-state index contributed by atoms with van der Waals surface area (Å²) in [7, 11) is 0. The van der Waals surface area contributed by atoms with Crippen LogP contribution >= 0.6 is 0 Å². The first kappa shape index (κ1) is 41.1. The van der Waals surface area contributed by atoms with Gasteiger partial charge in [0.1, 0.15) is 11.4 Å². The number of amides is 4. The molecule has 4 amide bonds. The highest BCUT2D eigenvalue weighted by Gasteiger charge is 2.48. The molecule has 20 heteroatoms. The lowest BCUT2D eigenvalue weighted by Gasteiger charge is -2.38. The van der Waals surface area contributed by atoms with Gasteiger partial charge in [-0.2, -0.15) is 19.0 Å². The molecule has 0 unspecified atom stereocenters. The van der Waals surface area contributed by atoms with Crippen LogP contribution in [-0.2, 0) is 19.1 Å². The molecule has 3 N–H and O–H groups in total. The number of hydrogen-bond acceptors (Lipinski definition) is 11. The highest BCUT2D eigenvalue weighted by molar-refractivity contribution is 6.08. The number of anilines is 3. The van der Waals surface area contributed by atoms with Crippen LogP contribution in [0.4, 0.5) is 34.8 Å². The van der Waals surface area contributed by atoms with E-state index in [0.29, 0.717) is 68.0 Å². The molecule has 1 aliphatic carbocycles. The number of piperidine rings is 2. The van der Waals surface area contributed by atoms with Gasteiger partial charge in [0, 0.05) is 48.8 Å². The summed E-state index contributed by atoms with van der Waals surface area (Å²) < 4.78 is 74.3. The van der Waals surface area contributed by atoms with Gasteiger partial charge >= 0.3 is 5.92 Å². The molecular formula is C43H46F4N10O6. The lowest BCUT2D eigenvalue weighted by atomic mass is 9.84. The van der Waals surface area contributed by atoms with Gasteiger partial charge in [0.2, 0.25) is 11.8 Å². The normalized spacial score (nSPS) is 24.8. The Morgan fingerprint density at radius 3 is 2.52 bits per heavy atom. The highest BCUT2D eigenvalue weighted by atomic mass is 19.3. The van der Waals surface area contributed by atoms with Crippen molar-refractivity contribution in [3.05, 3.63) is 65.9 Å². The predicted molar refractivity (Wildman–Crippen MR) is 219 cm³/mol. The maximum Gasteiger partial charge on any atom is 0.327 e. The average molecular weight is 875 g/mol. The van der Waals surface area contributed by atoms with Gasteiger partial charge in [-0.3, -0.25) is 29.2 Å². The minimum atomic E-state index is -3.65. The third-order valence-corrected chi connectivity index (χ3v) is 13.6. The molecule has 332 valence electrons. The van der Waals surface area contributed by atoms with Crippen LogP contribution in [0.3, 0.4) is 0 Å². The van der Waals surface area contributed by atoms with Gasteiger partial charge in [0.05, 0.1) is 54.5 Å². The maximum absolute atomic E-state index is 15.7. The monoisotopic (exact) mass is 874 g/mol. The van der Waals surface area contributed by atoms with Gasteiger partial charge in [-0.15, -0.1) is 0 Å². The van der Waals surface area contributed by atoms with Gasteiger partial charge < -0.3 is 29.6 Å². The minimum Gasteiger partial charge on any atom is -0.462 e. The molecule has 10 rings (SSSR count). The molecule has 63 heavy (non-hydrogen) atoms. The molecule has 1 aromatic carbocycles. The van der Waals surface area contributed by atoms with E-state index in [4.69, 9.17) is 14.1 Å². The Kier molecular flexibility index (Phi) is 10.7. The summed E-state index contributed by atoms with van der Waals surface area (Å²) in [4.78, 5) is 59.8. The van der Waals surface area contributed by atoms with Crippen molar-refractivity contribution in [3.63, 3.8) is 0 Å². The number of rotatable bonds is 11. The zero-order valence-corrected chi connectivity index (χ0v) is 34.2. The number of halogens is 4. The number of carbonyl (C=O) groups is 4. The van der Waals surface area contributed by atoms with Crippen molar-refractivity contribution in [2.75, 3.05) is 48.3 Å². The number of nitrogens with zero attached hydrogens (tertiary/aromatic N) is 7. The Labute approximate surface area is 357 Å². The Morgan fingerprint density at radius 2 is 1.79 bits per heavy atom. The Balaban J connectivity index is 0.719. The van der Waals surface area contributed by atoms with Crippen LogP contribution in [0.1, 0.15) is 97.8 Å². The number of para-hydroxylation sites is 1. The summed E-state index contributed by atoms with van der Waals surface area (Å²) in [5, 5.41) is 16.3. The SMILES string of the molecule is O=C1CC[C@@H](c2coc3c(NC(=O)C(F)(F)C4CCN(CC5CCC(n6cc(NC(=O)c7cnn8ccc(N9C[C@H]%10C[C@@H]9CO%10)nc78)c(C(F)F)n6)CC5)CC4)cccc23)C(=O)N1. The molecule has 4 aliphatic heterocycles. The number of fused-ring (bicyclic) bond motifs is 4. The molecule has 5 aliphatic rings. The highest BCUT2D eigenvalue weighted by Crippen LogP contribution is 2.40. The fourth-order valence-electron chi connectivity index (χ4n) is 10.2. The lowest BCUT2D eigenvalue weighted by molar-refractivity contribution is -0.151. The second kappa shape index (κ2) is 16.3. The summed E-state index contributed by atoms with van der Waals surface area (Å²) in [6.45, 7) is 2.81. The third kappa shape index (κ3) is 7.80. The molecule has 5 fully saturated rings. The number of carbonyl (C=O) groups excluding carboxylic acids is 4. The van der Waals surface area contributed by atoms with Crippen molar-refractivity contribution < 1.29 is 45.9 Å². The van der Waals surface area contributed by atoms with Crippen LogP contribution < -0.4 is 20.9 Å². The molecule has 4 saturated heterocycles. The number of hydrogen-bond donors (Lipinski definition) is 3. The number of benzene rings is 1. The third-order valence-electron chi connectivity index (χ3n) is 13.6. The smallest absolute Gasteiger partial charge is 0.327 e. The maximum atomic E-state index is 15.7. The van der Waals surface area contributed by atoms with Crippen LogP contribution in [0.15, 0.2) is 53.5 Å². The van der Waals surface area contributed by atoms with Crippen molar-refractivity contribution in [1.82, 2.24) is 34.6 Å². The second-order valence-corrected chi connectivity index (χ2v) is 17.5. The predicted octanol–water partition coefficient (Wildman–Crippen LogP) is 6.08. The van der Waals surface area contributed by atoms with Crippen molar-refractivity contribution >= 4 is 57.4 Å². The quantitative estimate of drug-likeness (QED) is 0.103. The van der Waals surface area contributed by atoms with E-state index in [1.807, 2.05) is 6.07 Å². The summed E-state index contributed by atoms with van der Waals surface area (Å²) in [6, 6.07) is 6.62. The molecule has 1 saturated carbocycles. The molecule has 16 nitrogen and oxygen atoms in total. The van der Waals surface area contributed by atoms with Gasteiger partial charge in [-0.1, -0.05) is 12.1 Å². The molecule has 0 radical (unpaired) electrons. The fraction of sp³-hybridized carbons (Fsp3) is 0.512. The van der Waals surface area contributed by atoms with Gasteiger partial charge in [-0.05, 0) is 82.5 Å². The van der Waals surface area contributed by atoms with Gasteiger partial charge in [-0.25, -0.2) is 18.3 Å². The topological polar surface area (TPSA) is 181 Å². The van der Waals surface area contributed by atoms with E-state index in [1.54, 1.807) is 18.3 Å². The van der Waals surface area contributed by atoms with Crippen LogP contribution in [-0.4, -0.2) is 104 Å². The van der Waals surface area contributed by atoms with Crippen LogP contribution in [0.25, 0.3) is 16.6 Å².